The number of fused-ring (bicyclic) bond motifs is 1. The van der Waals surface area contributed by atoms with E-state index in [0.717, 1.165) is 56.4 Å². The summed E-state index contributed by atoms with van der Waals surface area (Å²) >= 11 is 0. The van der Waals surface area contributed by atoms with Crippen molar-refractivity contribution in [2.75, 3.05) is 38.1 Å². The number of benzene rings is 1. The summed E-state index contributed by atoms with van der Waals surface area (Å²) in [6.45, 7) is 7.42. The molecule has 0 amide bonds. The van der Waals surface area contributed by atoms with E-state index >= 15 is 0 Å². The number of aldehydes is 1. The molecule has 1 spiro atoms. The zero-order chi connectivity index (χ0) is 32.4. The Bertz CT molecular complexity index is 1490. The van der Waals surface area contributed by atoms with Gasteiger partial charge in [-0.1, -0.05) is 0 Å². The molecule has 13 heteroatoms. The molecule has 45 heavy (non-hydrogen) atoms. The zero-order valence-corrected chi connectivity index (χ0v) is 25.8. The van der Waals surface area contributed by atoms with Gasteiger partial charge in [-0.05, 0) is 64.9 Å². The molecule has 1 saturated heterocycles. The standard InChI is InChI=1S/C26H26FN5O3.C6H12F3N/c1-16-24-20(4-6-29-16)30-7-5-22(24)34-19-9-26(10-19)13-32(14-26)25-23(11-28-15-31-25)35-21-3-2-18(27)8-17(21)12-33;1-5(2)10(3)4-6(7,8)9/h2-3,5,7-8,11-12,15-16,19,29H,4,6,9-10,13-14H2,1H3;5H,4H2,1-3H3. The van der Waals surface area contributed by atoms with Crippen molar-refractivity contribution in [3.63, 3.8) is 0 Å². The average molecular weight is 631 g/mol. The average Bonchev–Trinajstić information content (AvgIpc) is 2.94. The highest BCUT2D eigenvalue weighted by atomic mass is 19.4. The summed E-state index contributed by atoms with van der Waals surface area (Å²) in [6.07, 6.45) is 4.48. The molecule has 6 rings (SSSR count). The first-order chi connectivity index (χ1) is 21.4. The molecule has 2 fully saturated rings. The number of nitrogens with zero attached hydrogens (tertiary/aromatic N) is 5. The van der Waals surface area contributed by atoms with Crippen LogP contribution < -0.4 is 19.7 Å². The molecule has 1 unspecified atom stereocenters. The first-order valence-corrected chi connectivity index (χ1v) is 15.0. The second kappa shape index (κ2) is 13.3. The van der Waals surface area contributed by atoms with Crippen LogP contribution in [0, 0.1) is 11.2 Å². The molecule has 1 aliphatic carbocycles. The molecule has 242 valence electrons. The number of hydrogen-bond donors (Lipinski definition) is 1. The molecular weight excluding hydrogens is 592 g/mol. The van der Waals surface area contributed by atoms with Gasteiger partial charge in [0.25, 0.3) is 0 Å². The van der Waals surface area contributed by atoms with Crippen molar-refractivity contribution in [2.24, 2.45) is 5.41 Å². The smallest absolute Gasteiger partial charge is 0.401 e. The summed E-state index contributed by atoms with van der Waals surface area (Å²) in [5.74, 6) is 1.83. The lowest BCUT2D eigenvalue weighted by molar-refractivity contribution is -0.146. The molecule has 3 aromatic rings. The van der Waals surface area contributed by atoms with Crippen LogP contribution in [0.15, 0.2) is 43.0 Å². The maximum absolute atomic E-state index is 13.5. The normalized spacial score (nSPS) is 18.9. The Kier molecular flexibility index (Phi) is 9.59. The van der Waals surface area contributed by atoms with Crippen molar-refractivity contribution in [3.8, 4) is 17.2 Å². The van der Waals surface area contributed by atoms with Crippen molar-refractivity contribution < 1.29 is 31.8 Å². The van der Waals surface area contributed by atoms with Crippen LogP contribution in [0.2, 0.25) is 0 Å². The predicted octanol–water partition coefficient (Wildman–Crippen LogP) is 5.76. The van der Waals surface area contributed by atoms with Crippen LogP contribution in [-0.2, 0) is 6.42 Å². The fourth-order valence-electron chi connectivity index (χ4n) is 6.02. The molecule has 1 saturated carbocycles. The van der Waals surface area contributed by atoms with Gasteiger partial charge in [-0.15, -0.1) is 0 Å². The van der Waals surface area contributed by atoms with Crippen molar-refractivity contribution >= 4 is 12.1 Å². The number of rotatable bonds is 8. The second-order valence-corrected chi connectivity index (χ2v) is 12.3. The Labute approximate surface area is 260 Å². The van der Waals surface area contributed by atoms with Crippen LogP contribution in [-0.4, -0.2) is 77.7 Å². The van der Waals surface area contributed by atoms with Crippen molar-refractivity contribution in [2.45, 2.75) is 64.4 Å². The molecule has 2 aromatic heterocycles. The van der Waals surface area contributed by atoms with E-state index in [0.29, 0.717) is 17.9 Å². The predicted molar refractivity (Wildman–Crippen MR) is 160 cm³/mol. The topological polar surface area (TPSA) is 92.7 Å². The minimum Gasteiger partial charge on any atom is -0.490 e. The molecule has 1 atom stereocenters. The number of anilines is 1. The van der Waals surface area contributed by atoms with E-state index in [1.165, 1.54) is 36.0 Å². The first kappa shape index (κ1) is 32.6. The summed E-state index contributed by atoms with van der Waals surface area (Å²) in [4.78, 5) is 27.8. The number of halogens is 4. The Morgan fingerprint density at radius 1 is 1.16 bits per heavy atom. The summed E-state index contributed by atoms with van der Waals surface area (Å²) in [7, 11) is 1.46. The van der Waals surface area contributed by atoms with Gasteiger partial charge < -0.3 is 19.7 Å². The molecule has 9 nitrogen and oxygen atoms in total. The fourth-order valence-corrected chi connectivity index (χ4v) is 6.02. The lowest BCUT2D eigenvalue weighted by atomic mass is 9.61. The minimum atomic E-state index is -4.07. The van der Waals surface area contributed by atoms with Crippen LogP contribution >= 0.6 is 0 Å². The fraction of sp³-hybridized carbons (Fsp3) is 0.500. The van der Waals surface area contributed by atoms with Crippen LogP contribution in [0.25, 0.3) is 0 Å². The lowest BCUT2D eigenvalue weighted by Crippen LogP contribution is -2.65. The summed E-state index contributed by atoms with van der Waals surface area (Å²) in [6, 6.07) is 6.02. The Balaban J connectivity index is 0.000000348. The largest absolute Gasteiger partial charge is 0.490 e. The van der Waals surface area contributed by atoms with E-state index in [9.17, 15) is 22.4 Å². The molecule has 4 heterocycles. The van der Waals surface area contributed by atoms with E-state index in [4.69, 9.17) is 9.47 Å². The first-order valence-electron chi connectivity index (χ1n) is 15.0. The molecule has 3 aliphatic rings. The van der Waals surface area contributed by atoms with Gasteiger partial charge in [-0.25, -0.2) is 14.4 Å². The van der Waals surface area contributed by atoms with Gasteiger partial charge in [0.15, 0.2) is 17.9 Å². The summed E-state index contributed by atoms with van der Waals surface area (Å²) < 4.78 is 60.7. The Morgan fingerprint density at radius 2 is 1.91 bits per heavy atom. The van der Waals surface area contributed by atoms with E-state index in [2.05, 4.69) is 32.1 Å². The third-order valence-corrected chi connectivity index (χ3v) is 8.53. The number of hydrogen-bond acceptors (Lipinski definition) is 9. The highest BCUT2D eigenvalue weighted by molar-refractivity contribution is 5.79. The van der Waals surface area contributed by atoms with Crippen molar-refractivity contribution in [1.29, 1.82) is 0 Å². The van der Waals surface area contributed by atoms with Gasteiger partial charge >= 0.3 is 6.18 Å². The van der Waals surface area contributed by atoms with E-state index in [1.54, 1.807) is 20.0 Å². The number of ether oxygens (including phenoxy) is 2. The maximum atomic E-state index is 13.5. The Hall–Kier alpha value is -3.84. The van der Waals surface area contributed by atoms with E-state index < -0.39 is 18.5 Å². The summed E-state index contributed by atoms with van der Waals surface area (Å²) in [5.41, 5.74) is 2.66. The number of alkyl halides is 3. The van der Waals surface area contributed by atoms with Gasteiger partial charge in [-0.3, -0.25) is 14.7 Å². The number of nitrogens with one attached hydrogen (secondary N) is 1. The zero-order valence-electron chi connectivity index (χ0n) is 25.8. The van der Waals surface area contributed by atoms with E-state index in [-0.39, 0.29) is 34.9 Å². The highest BCUT2D eigenvalue weighted by Gasteiger charge is 2.54. The Morgan fingerprint density at radius 3 is 2.58 bits per heavy atom. The van der Waals surface area contributed by atoms with Crippen LogP contribution in [0.1, 0.15) is 61.3 Å². The highest BCUT2D eigenvalue weighted by Crippen LogP contribution is 2.52. The van der Waals surface area contributed by atoms with Gasteiger partial charge in [0, 0.05) is 55.3 Å². The number of aromatic nitrogens is 3. The number of carbonyl (C=O) groups excluding carboxylic acids is 1. The maximum Gasteiger partial charge on any atom is 0.401 e. The van der Waals surface area contributed by atoms with Crippen molar-refractivity contribution in [3.05, 3.63) is 65.6 Å². The molecule has 0 bridgehead atoms. The van der Waals surface area contributed by atoms with Gasteiger partial charge in [0.2, 0.25) is 0 Å². The third-order valence-electron chi connectivity index (χ3n) is 8.53. The van der Waals surface area contributed by atoms with Crippen LogP contribution in [0.4, 0.5) is 23.4 Å². The van der Waals surface area contributed by atoms with Gasteiger partial charge in [0.1, 0.15) is 29.7 Å². The quantitative estimate of drug-likeness (QED) is 0.246. The van der Waals surface area contributed by atoms with Gasteiger partial charge in [-0.2, -0.15) is 13.2 Å². The number of pyridine rings is 1. The van der Waals surface area contributed by atoms with E-state index in [1.807, 2.05) is 12.3 Å². The third kappa shape index (κ3) is 7.70. The monoisotopic (exact) mass is 630 g/mol. The second-order valence-electron chi connectivity index (χ2n) is 12.3. The SMILES string of the molecule is CC(C)N(C)CC(F)(F)F.CC1NCCc2nccc(OC3CC4(C3)CN(c3ncncc3Oc3ccc(F)cc3C=O)C4)c21. The molecule has 1 N–H and O–H groups in total. The van der Waals surface area contributed by atoms with Gasteiger partial charge in [0.05, 0.1) is 24.0 Å². The minimum absolute atomic E-state index is 0.0541. The lowest BCUT2D eigenvalue weighted by Gasteiger charge is -2.59. The van der Waals surface area contributed by atoms with Crippen LogP contribution in [0.5, 0.6) is 17.2 Å². The molecule has 0 radical (unpaired) electrons. The molecule has 1 aromatic carbocycles. The number of carbonyl (C=O) groups is 1. The van der Waals surface area contributed by atoms with Crippen LogP contribution in [0.3, 0.4) is 0 Å². The summed E-state index contributed by atoms with van der Waals surface area (Å²) in [5, 5.41) is 3.49. The molecular formula is C32H38F4N6O3. The molecule has 2 aliphatic heterocycles. The van der Waals surface area contributed by atoms with Crippen molar-refractivity contribution in [1.82, 2.24) is 25.2 Å².